The molecule has 1 aliphatic carbocycles. The zero-order valence-corrected chi connectivity index (χ0v) is 16.8. The molecule has 1 aliphatic rings. The predicted octanol–water partition coefficient (Wildman–Crippen LogP) is 5.26. The van der Waals surface area contributed by atoms with Crippen molar-refractivity contribution in [2.75, 3.05) is 7.11 Å². The van der Waals surface area contributed by atoms with E-state index < -0.39 is 0 Å². The van der Waals surface area contributed by atoms with Gasteiger partial charge in [0.1, 0.15) is 12.4 Å². The van der Waals surface area contributed by atoms with Crippen LogP contribution in [0.25, 0.3) is 6.08 Å². The average Bonchev–Trinajstić information content (AvgIpc) is 2.80. The third kappa shape index (κ3) is 4.18. The molecule has 4 heteroatoms. The Morgan fingerprint density at radius 3 is 2.47 bits per heavy atom. The van der Waals surface area contributed by atoms with Gasteiger partial charge in [-0.1, -0.05) is 54.6 Å². The van der Waals surface area contributed by atoms with Crippen LogP contribution in [0.2, 0.25) is 0 Å². The van der Waals surface area contributed by atoms with Crippen LogP contribution in [0.15, 0.2) is 78.4 Å². The zero-order chi connectivity index (χ0) is 20.9. The van der Waals surface area contributed by atoms with E-state index in [0.29, 0.717) is 17.9 Å². The predicted molar refractivity (Wildman–Crippen MR) is 116 cm³/mol. The van der Waals surface area contributed by atoms with Gasteiger partial charge in [0.15, 0.2) is 5.78 Å². The minimum absolute atomic E-state index is 0.0880. The number of methoxy groups -OCH3 is 1. The number of para-hydroxylation sites is 1. The number of carbonyl (C=O) groups is 2. The molecule has 4 rings (SSSR count). The molecule has 150 valence electrons. The summed E-state index contributed by atoms with van der Waals surface area (Å²) in [7, 11) is 1.36. The van der Waals surface area contributed by atoms with Crippen LogP contribution in [-0.2, 0) is 17.8 Å². The highest BCUT2D eigenvalue weighted by atomic mass is 16.5. The standard InChI is InChI=1S/C26H22O4/c1-29-26(28)20-12-10-18(11-13-20)17-30-24-9-5-3-7-21(24)16-22-15-14-19-6-2-4-8-23(19)25(22)27/h2-13,16H,14-15,17H2,1H3. The van der Waals surface area contributed by atoms with Gasteiger partial charge in [0.2, 0.25) is 0 Å². The molecule has 0 bridgehead atoms. The molecule has 0 heterocycles. The topological polar surface area (TPSA) is 52.6 Å². The molecular formula is C26H22O4. The molecule has 0 unspecified atom stereocenters. The summed E-state index contributed by atoms with van der Waals surface area (Å²) >= 11 is 0. The summed E-state index contributed by atoms with van der Waals surface area (Å²) in [6.07, 6.45) is 3.52. The maximum Gasteiger partial charge on any atom is 0.337 e. The molecule has 0 atom stereocenters. The highest BCUT2D eigenvalue weighted by Gasteiger charge is 2.21. The lowest BCUT2D eigenvalue weighted by Crippen LogP contribution is -2.13. The first-order valence-electron chi connectivity index (χ1n) is 9.88. The van der Waals surface area contributed by atoms with Gasteiger partial charge in [-0.2, -0.15) is 0 Å². The van der Waals surface area contributed by atoms with Crippen molar-refractivity contribution in [2.24, 2.45) is 0 Å². The van der Waals surface area contributed by atoms with Crippen LogP contribution in [0.3, 0.4) is 0 Å². The van der Waals surface area contributed by atoms with Gasteiger partial charge in [0, 0.05) is 16.7 Å². The molecule has 0 amide bonds. The Kier molecular flexibility index (Phi) is 5.75. The third-order valence-corrected chi connectivity index (χ3v) is 5.24. The summed E-state index contributed by atoms with van der Waals surface area (Å²) in [6.45, 7) is 0.360. The summed E-state index contributed by atoms with van der Waals surface area (Å²) in [6, 6.07) is 22.6. The van der Waals surface area contributed by atoms with E-state index in [2.05, 4.69) is 0 Å². The van der Waals surface area contributed by atoms with Gasteiger partial charge < -0.3 is 9.47 Å². The first-order chi connectivity index (χ1) is 14.7. The van der Waals surface area contributed by atoms with E-state index in [-0.39, 0.29) is 11.8 Å². The summed E-state index contributed by atoms with van der Waals surface area (Å²) in [5, 5.41) is 0. The first-order valence-corrected chi connectivity index (χ1v) is 9.88. The fourth-order valence-electron chi connectivity index (χ4n) is 3.59. The zero-order valence-electron chi connectivity index (χ0n) is 16.8. The highest BCUT2D eigenvalue weighted by molar-refractivity contribution is 6.13. The molecule has 0 saturated heterocycles. The Labute approximate surface area is 175 Å². The lowest BCUT2D eigenvalue weighted by molar-refractivity contribution is 0.0600. The number of hydrogen-bond donors (Lipinski definition) is 0. The highest BCUT2D eigenvalue weighted by Crippen LogP contribution is 2.29. The Hall–Kier alpha value is -3.66. The van der Waals surface area contributed by atoms with Crippen molar-refractivity contribution in [1.82, 2.24) is 0 Å². The van der Waals surface area contributed by atoms with Crippen LogP contribution in [0.4, 0.5) is 0 Å². The van der Waals surface area contributed by atoms with Crippen molar-refractivity contribution < 1.29 is 19.1 Å². The largest absolute Gasteiger partial charge is 0.488 e. The van der Waals surface area contributed by atoms with E-state index in [0.717, 1.165) is 40.7 Å². The van der Waals surface area contributed by atoms with Gasteiger partial charge in [0.25, 0.3) is 0 Å². The maximum absolute atomic E-state index is 12.9. The molecule has 3 aromatic rings. The van der Waals surface area contributed by atoms with Crippen LogP contribution in [0.1, 0.15) is 43.8 Å². The van der Waals surface area contributed by atoms with Crippen molar-refractivity contribution in [2.45, 2.75) is 19.4 Å². The molecule has 0 aliphatic heterocycles. The fourth-order valence-corrected chi connectivity index (χ4v) is 3.59. The van der Waals surface area contributed by atoms with Gasteiger partial charge in [-0.3, -0.25) is 4.79 Å². The molecular weight excluding hydrogens is 376 g/mol. The summed E-state index contributed by atoms with van der Waals surface area (Å²) in [5.41, 5.74) is 5.02. The number of carbonyl (C=O) groups excluding carboxylic acids is 2. The van der Waals surface area contributed by atoms with Crippen LogP contribution in [-0.4, -0.2) is 18.9 Å². The van der Waals surface area contributed by atoms with Gasteiger partial charge in [-0.15, -0.1) is 0 Å². The lowest BCUT2D eigenvalue weighted by Gasteiger charge is -2.18. The van der Waals surface area contributed by atoms with Gasteiger partial charge >= 0.3 is 5.97 Å². The number of benzene rings is 3. The number of allylic oxidation sites excluding steroid dienone is 1. The van der Waals surface area contributed by atoms with Gasteiger partial charge in [-0.05, 0) is 48.2 Å². The van der Waals surface area contributed by atoms with Crippen molar-refractivity contribution >= 4 is 17.8 Å². The van der Waals surface area contributed by atoms with Crippen LogP contribution in [0.5, 0.6) is 5.75 Å². The number of ether oxygens (including phenoxy) is 2. The number of fused-ring (bicyclic) bond motifs is 1. The number of hydrogen-bond acceptors (Lipinski definition) is 4. The first kappa shape index (κ1) is 19.6. The van der Waals surface area contributed by atoms with E-state index in [1.165, 1.54) is 7.11 Å². The number of aryl methyl sites for hydroxylation is 1. The van der Waals surface area contributed by atoms with Crippen molar-refractivity contribution in [3.63, 3.8) is 0 Å². The lowest BCUT2D eigenvalue weighted by atomic mass is 9.86. The van der Waals surface area contributed by atoms with E-state index in [1.54, 1.807) is 12.1 Å². The van der Waals surface area contributed by atoms with Gasteiger partial charge in [-0.25, -0.2) is 4.79 Å². The smallest absolute Gasteiger partial charge is 0.337 e. The second-order valence-electron chi connectivity index (χ2n) is 7.17. The number of rotatable bonds is 5. The maximum atomic E-state index is 12.9. The second kappa shape index (κ2) is 8.78. The second-order valence-corrected chi connectivity index (χ2v) is 7.17. The van der Waals surface area contributed by atoms with Crippen molar-refractivity contribution in [3.8, 4) is 5.75 Å². The number of ketones is 1. The Balaban J connectivity index is 1.51. The molecule has 0 fully saturated rings. The quantitative estimate of drug-likeness (QED) is 0.434. The van der Waals surface area contributed by atoms with E-state index in [4.69, 9.17) is 9.47 Å². The minimum atomic E-state index is -0.363. The minimum Gasteiger partial charge on any atom is -0.488 e. The molecule has 4 nitrogen and oxygen atoms in total. The molecule has 0 aromatic heterocycles. The average molecular weight is 398 g/mol. The van der Waals surface area contributed by atoms with Crippen LogP contribution >= 0.6 is 0 Å². The number of esters is 1. The van der Waals surface area contributed by atoms with Crippen molar-refractivity contribution in [1.29, 1.82) is 0 Å². The Morgan fingerprint density at radius 1 is 0.933 bits per heavy atom. The Morgan fingerprint density at radius 2 is 1.67 bits per heavy atom. The SMILES string of the molecule is COC(=O)c1ccc(COc2ccccc2C=C2CCc3ccccc3C2=O)cc1. The third-order valence-electron chi connectivity index (χ3n) is 5.24. The van der Waals surface area contributed by atoms with E-state index in [9.17, 15) is 9.59 Å². The summed E-state index contributed by atoms with van der Waals surface area (Å²) in [4.78, 5) is 24.4. The van der Waals surface area contributed by atoms with E-state index >= 15 is 0 Å². The Bertz CT molecular complexity index is 1110. The summed E-state index contributed by atoms with van der Waals surface area (Å²) in [5.74, 6) is 0.442. The normalized spacial score (nSPS) is 14.3. The van der Waals surface area contributed by atoms with Crippen LogP contribution in [0, 0.1) is 0 Å². The molecule has 30 heavy (non-hydrogen) atoms. The van der Waals surface area contributed by atoms with Gasteiger partial charge in [0.05, 0.1) is 12.7 Å². The summed E-state index contributed by atoms with van der Waals surface area (Å²) < 4.78 is 10.7. The van der Waals surface area contributed by atoms with Crippen molar-refractivity contribution in [3.05, 3.63) is 106 Å². The fraction of sp³-hybridized carbons (Fsp3) is 0.154. The monoisotopic (exact) mass is 398 g/mol. The number of Topliss-reactive ketones (excluding diaryl/α,β-unsaturated/α-hetero) is 1. The molecule has 0 N–H and O–H groups in total. The molecule has 0 radical (unpaired) electrons. The van der Waals surface area contributed by atoms with Crippen LogP contribution < -0.4 is 4.74 Å². The molecule has 3 aromatic carbocycles. The molecule has 0 saturated carbocycles. The molecule has 0 spiro atoms. The van der Waals surface area contributed by atoms with E-state index in [1.807, 2.05) is 66.7 Å².